The van der Waals surface area contributed by atoms with Crippen LogP contribution in [0.3, 0.4) is 0 Å². The number of hydrogen-bond donors (Lipinski definition) is 0. The molecule has 0 bridgehead atoms. The van der Waals surface area contributed by atoms with E-state index in [0.29, 0.717) is 22.5 Å². The summed E-state index contributed by atoms with van der Waals surface area (Å²) in [6.07, 6.45) is 7.23. The van der Waals surface area contributed by atoms with Gasteiger partial charge in [0.1, 0.15) is 8.07 Å². The fourth-order valence-corrected chi connectivity index (χ4v) is 9.41. The van der Waals surface area contributed by atoms with E-state index in [0.717, 1.165) is 47.9 Å². The van der Waals surface area contributed by atoms with Crippen molar-refractivity contribution in [2.24, 2.45) is 4.99 Å². The van der Waals surface area contributed by atoms with Gasteiger partial charge in [0.15, 0.2) is 4.80 Å². The Kier molecular flexibility index (Phi) is 7.58. The molecule has 1 heterocycles. The van der Waals surface area contributed by atoms with Crippen molar-refractivity contribution in [2.75, 3.05) is 0 Å². The fraction of sp³-hybridized carbons (Fsp3) is 0.615. The van der Waals surface area contributed by atoms with Crippen molar-refractivity contribution in [1.29, 1.82) is 0 Å². The van der Waals surface area contributed by atoms with Crippen LogP contribution < -0.4 is 10.1 Å². The minimum absolute atomic E-state index is 0.175. The third-order valence-electron chi connectivity index (χ3n) is 7.05. The van der Waals surface area contributed by atoms with Gasteiger partial charge in [-0.3, -0.25) is 9.79 Å². The second kappa shape index (κ2) is 10.1. The molecule has 0 spiro atoms. The first-order valence-electron chi connectivity index (χ1n) is 12.6. The Bertz CT molecular complexity index is 1070. The number of thiazole rings is 1. The van der Waals surface area contributed by atoms with Gasteiger partial charge in [0, 0.05) is 16.9 Å². The van der Waals surface area contributed by atoms with Crippen LogP contribution in [0.5, 0.6) is 0 Å². The van der Waals surface area contributed by atoms with Gasteiger partial charge in [-0.05, 0) is 37.8 Å². The van der Waals surface area contributed by atoms with Crippen LogP contribution in [0.1, 0.15) is 91.0 Å². The summed E-state index contributed by atoms with van der Waals surface area (Å²) in [7, 11) is -1.98. The molecule has 0 radical (unpaired) electrons. The molecule has 0 unspecified atom stereocenters. The summed E-state index contributed by atoms with van der Waals surface area (Å²) < 4.78 is 41.6. The molecular formula is C26H35F3N2OSSi. The molecule has 34 heavy (non-hydrogen) atoms. The summed E-state index contributed by atoms with van der Waals surface area (Å²) in [5.74, 6) is -0.175. The summed E-state index contributed by atoms with van der Waals surface area (Å²) in [4.78, 5) is 20.6. The van der Waals surface area contributed by atoms with Crippen LogP contribution in [0.4, 0.5) is 13.2 Å². The van der Waals surface area contributed by atoms with Crippen molar-refractivity contribution in [1.82, 2.24) is 4.57 Å². The van der Waals surface area contributed by atoms with Gasteiger partial charge >= 0.3 is 6.18 Å². The molecule has 4 rings (SSSR count). The van der Waals surface area contributed by atoms with Crippen LogP contribution >= 0.6 is 11.3 Å². The van der Waals surface area contributed by atoms with Crippen LogP contribution in [0, 0.1) is 0 Å². The van der Waals surface area contributed by atoms with E-state index in [1.54, 1.807) is 0 Å². The van der Waals surface area contributed by atoms with Crippen molar-refractivity contribution in [3.05, 3.63) is 45.1 Å². The summed E-state index contributed by atoms with van der Waals surface area (Å²) in [6, 6.07) is 5.31. The molecule has 0 atom stereocenters. The highest BCUT2D eigenvalue weighted by atomic mass is 32.1. The van der Waals surface area contributed by atoms with Crippen LogP contribution in [-0.2, 0) is 6.18 Å². The molecule has 0 amide bonds. The minimum atomic E-state index is -4.41. The average Bonchev–Trinajstić information content (AvgIpc) is 3.19. The zero-order chi connectivity index (χ0) is 24.5. The second-order valence-corrected chi connectivity index (χ2v) is 16.8. The second-order valence-electron chi connectivity index (χ2n) is 10.8. The van der Waals surface area contributed by atoms with E-state index >= 15 is 0 Å². The topological polar surface area (TPSA) is 34.4 Å². The van der Waals surface area contributed by atoms with Gasteiger partial charge in [0.05, 0.1) is 16.5 Å². The summed E-state index contributed by atoms with van der Waals surface area (Å²) in [6.45, 7) is 6.76. The lowest BCUT2D eigenvalue weighted by Crippen LogP contribution is -2.49. The first-order valence-corrected chi connectivity index (χ1v) is 16.9. The van der Waals surface area contributed by atoms with Crippen molar-refractivity contribution in [2.45, 2.75) is 102 Å². The highest BCUT2D eigenvalue weighted by molar-refractivity contribution is 7.14. The third-order valence-corrected chi connectivity index (χ3v) is 10.2. The number of hydrogen-bond acceptors (Lipinski definition) is 3. The Morgan fingerprint density at radius 2 is 1.50 bits per heavy atom. The van der Waals surface area contributed by atoms with E-state index < -0.39 is 19.8 Å². The maximum atomic E-state index is 13.7. The smallest absolute Gasteiger partial charge is 0.321 e. The van der Waals surface area contributed by atoms with E-state index in [1.165, 1.54) is 62.0 Å². The van der Waals surface area contributed by atoms with Gasteiger partial charge in [0.2, 0.25) is 5.78 Å². The molecule has 3 nitrogen and oxygen atoms in total. The van der Waals surface area contributed by atoms with Crippen molar-refractivity contribution in [3.63, 3.8) is 0 Å². The van der Waals surface area contributed by atoms with E-state index in [9.17, 15) is 18.0 Å². The molecule has 2 aliphatic rings. The predicted molar refractivity (Wildman–Crippen MR) is 135 cm³/mol. The van der Waals surface area contributed by atoms with Crippen LogP contribution in [0.25, 0.3) is 0 Å². The van der Waals surface area contributed by atoms with Crippen LogP contribution in [-0.4, -0.2) is 24.5 Å². The predicted octanol–water partition coefficient (Wildman–Crippen LogP) is 7.08. The Hall–Kier alpha value is -1.67. The first kappa shape index (κ1) is 25.4. The van der Waals surface area contributed by atoms with Gasteiger partial charge < -0.3 is 4.57 Å². The minimum Gasteiger partial charge on any atom is -0.321 e. The molecule has 0 aliphatic heterocycles. The van der Waals surface area contributed by atoms with E-state index in [4.69, 9.17) is 4.99 Å². The molecule has 0 saturated heterocycles. The monoisotopic (exact) mass is 508 g/mol. The van der Waals surface area contributed by atoms with E-state index in [-0.39, 0.29) is 5.78 Å². The van der Waals surface area contributed by atoms with Crippen LogP contribution in [0.2, 0.25) is 19.6 Å². The summed E-state index contributed by atoms with van der Waals surface area (Å²) in [5, 5.41) is 1.11. The maximum Gasteiger partial charge on any atom is 0.416 e. The SMILES string of the molecule is C[Si](C)(C)c1c(C(=O)c2ccc(C(F)(F)F)cc2)sc(=NC2CCCCC2)n1C1CCCCC1. The number of benzene rings is 1. The number of rotatable bonds is 5. The number of carbonyl (C=O) groups excluding carboxylic acids is 1. The zero-order valence-electron chi connectivity index (χ0n) is 20.4. The van der Waals surface area contributed by atoms with Gasteiger partial charge in [0.25, 0.3) is 0 Å². The molecule has 8 heteroatoms. The maximum absolute atomic E-state index is 13.7. The summed E-state index contributed by atoms with van der Waals surface area (Å²) >= 11 is 1.47. The highest BCUT2D eigenvalue weighted by Crippen LogP contribution is 2.31. The average molecular weight is 509 g/mol. The largest absolute Gasteiger partial charge is 0.416 e. The van der Waals surface area contributed by atoms with E-state index in [1.807, 2.05) is 0 Å². The van der Waals surface area contributed by atoms with Crippen LogP contribution in [0.15, 0.2) is 29.3 Å². The number of ketones is 1. The number of aromatic nitrogens is 1. The zero-order valence-corrected chi connectivity index (χ0v) is 22.2. The molecule has 2 fully saturated rings. The first-order chi connectivity index (χ1) is 16.1. The van der Waals surface area contributed by atoms with Crippen molar-refractivity contribution in [3.8, 4) is 0 Å². The van der Waals surface area contributed by atoms with Gasteiger partial charge in [-0.1, -0.05) is 81.6 Å². The number of carbonyl (C=O) groups is 1. The number of halogens is 3. The number of nitrogens with zero attached hydrogens (tertiary/aromatic N) is 2. The lowest BCUT2D eigenvalue weighted by molar-refractivity contribution is -0.137. The molecule has 0 N–H and O–H groups in total. The Balaban J connectivity index is 1.84. The number of alkyl halides is 3. The fourth-order valence-electron chi connectivity index (χ4n) is 5.32. The molecule has 1 aromatic heterocycles. The normalized spacial score (nSPS) is 19.5. The molecule has 2 aromatic rings. The van der Waals surface area contributed by atoms with Gasteiger partial charge in [-0.15, -0.1) is 0 Å². The van der Waals surface area contributed by atoms with Crippen molar-refractivity contribution < 1.29 is 18.0 Å². The quantitative estimate of drug-likeness (QED) is 0.314. The van der Waals surface area contributed by atoms with Crippen molar-refractivity contribution >= 4 is 30.5 Å². The molecule has 1 aromatic carbocycles. The van der Waals surface area contributed by atoms with Gasteiger partial charge in [-0.2, -0.15) is 13.2 Å². The highest BCUT2D eigenvalue weighted by Gasteiger charge is 2.35. The molecular weight excluding hydrogens is 473 g/mol. The molecule has 2 saturated carbocycles. The Morgan fingerprint density at radius 1 is 0.941 bits per heavy atom. The third kappa shape index (κ3) is 5.59. The lowest BCUT2D eigenvalue weighted by Gasteiger charge is -2.30. The standard InChI is InChI=1S/C26H35F3N2OSSi/c1-34(2,3)24-23(22(32)18-14-16-19(17-15-18)26(27,28)29)33-25(30-20-10-6-4-7-11-20)31(24)21-12-8-5-9-13-21/h14-17,20-21H,4-13H2,1-3H3. The van der Waals surface area contributed by atoms with E-state index in [2.05, 4.69) is 24.2 Å². The molecule has 2 aliphatic carbocycles. The molecule has 186 valence electrons. The lowest BCUT2D eigenvalue weighted by atomic mass is 9.95. The Labute approximate surface area is 205 Å². The Morgan fingerprint density at radius 3 is 2.03 bits per heavy atom. The van der Waals surface area contributed by atoms with Gasteiger partial charge in [-0.25, -0.2) is 0 Å². The summed E-state index contributed by atoms with van der Waals surface area (Å²) in [5.41, 5.74) is -0.417.